The summed E-state index contributed by atoms with van der Waals surface area (Å²) in [5.74, 6) is 1.44. The monoisotopic (exact) mass is 500 g/mol. The highest BCUT2D eigenvalue weighted by Crippen LogP contribution is 2.20. The maximum absolute atomic E-state index is 13.0. The fraction of sp³-hybridized carbons (Fsp3) is 0.400. The molecule has 1 aromatic carbocycles. The van der Waals surface area contributed by atoms with Crippen molar-refractivity contribution in [3.8, 4) is 11.6 Å². The second-order valence-corrected chi connectivity index (χ2v) is 6.27. The quantitative estimate of drug-likeness (QED) is 0.344. The van der Waals surface area contributed by atoms with Crippen LogP contribution in [0.1, 0.15) is 25.3 Å². The number of rotatable bonds is 7. The molecule has 2 aromatic rings. The van der Waals surface area contributed by atoms with Gasteiger partial charge in [0.25, 0.3) is 0 Å². The molecule has 0 radical (unpaired) electrons. The molecule has 0 spiro atoms. The minimum absolute atomic E-state index is 0. The molecule has 6 nitrogen and oxygen atoms in total. The van der Waals surface area contributed by atoms with Gasteiger partial charge in [0, 0.05) is 32.0 Å². The van der Waals surface area contributed by atoms with Gasteiger partial charge in [-0.15, -0.1) is 24.0 Å². The van der Waals surface area contributed by atoms with Crippen LogP contribution in [0.2, 0.25) is 0 Å². The average molecular weight is 500 g/mol. The lowest BCUT2D eigenvalue weighted by Crippen LogP contribution is -2.41. The van der Waals surface area contributed by atoms with Crippen LogP contribution < -0.4 is 15.4 Å². The predicted octanol–water partition coefficient (Wildman–Crippen LogP) is 3.87. The third-order valence-electron chi connectivity index (χ3n) is 4.12. The number of hydrogen-bond acceptors (Lipinski definition) is 4. The van der Waals surface area contributed by atoms with E-state index in [0.29, 0.717) is 18.2 Å². The number of guanidine groups is 1. The summed E-state index contributed by atoms with van der Waals surface area (Å²) in [7, 11) is 0. The molecule has 8 heteroatoms. The van der Waals surface area contributed by atoms with Crippen molar-refractivity contribution in [2.75, 3.05) is 19.7 Å². The van der Waals surface area contributed by atoms with E-state index in [2.05, 4.69) is 20.6 Å². The molecule has 28 heavy (non-hydrogen) atoms. The van der Waals surface area contributed by atoms with Crippen molar-refractivity contribution >= 4 is 29.9 Å². The third kappa shape index (κ3) is 7.23. The summed E-state index contributed by atoms with van der Waals surface area (Å²) < 4.78 is 24.3. The predicted molar refractivity (Wildman–Crippen MR) is 118 cm³/mol. The summed E-state index contributed by atoms with van der Waals surface area (Å²) in [5, 5.41) is 6.56. The Balaban J connectivity index is 0.00000280. The van der Waals surface area contributed by atoms with Crippen LogP contribution in [-0.4, -0.2) is 36.7 Å². The van der Waals surface area contributed by atoms with Crippen LogP contribution in [0.5, 0.6) is 11.6 Å². The summed E-state index contributed by atoms with van der Waals surface area (Å²) in [6.07, 6.45) is 4.14. The maximum atomic E-state index is 13.0. The highest BCUT2D eigenvalue weighted by Gasteiger charge is 2.15. The fourth-order valence-electron chi connectivity index (χ4n) is 2.76. The van der Waals surface area contributed by atoms with Crippen molar-refractivity contribution in [3.63, 3.8) is 0 Å². The van der Waals surface area contributed by atoms with Crippen LogP contribution in [0.3, 0.4) is 0 Å². The summed E-state index contributed by atoms with van der Waals surface area (Å²) in [5.41, 5.74) is 0.969. The van der Waals surface area contributed by atoms with E-state index in [0.717, 1.165) is 44.1 Å². The number of aromatic nitrogens is 1. The molecule has 3 rings (SSSR count). The first kappa shape index (κ1) is 22.4. The molecule has 0 amide bonds. The van der Waals surface area contributed by atoms with Crippen molar-refractivity contribution < 1.29 is 13.9 Å². The highest BCUT2D eigenvalue weighted by atomic mass is 127. The summed E-state index contributed by atoms with van der Waals surface area (Å²) in [4.78, 5) is 8.81. The smallest absolute Gasteiger partial charge is 0.219 e. The molecular weight excluding hydrogens is 474 g/mol. The minimum Gasteiger partial charge on any atom is -0.439 e. The van der Waals surface area contributed by atoms with Gasteiger partial charge in [-0.25, -0.2) is 14.4 Å². The first-order valence-electron chi connectivity index (χ1n) is 9.25. The molecule has 1 aromatic heterocycles. The van der Waals surface area contributed by atoms with Crippen molar-refractivity contribution in [1.82, 2.24) is 15.6 Å². The number of hydrogen-bond donors (Lipinski definition) is 2. The van der Waals surface area contributed by atoms with Crippen LogP contribution in [0.4, 0.5) is 4.39 Å². The van der Waals surface area contributed by atoms with Crippen LogP contribution >= 0.6 is 24.0 Å². The zero-order chi connectivity index (χ0) is 18.9. The van der Waals surface area contributed by atoms with Crippen LogP contribution in [0.25, 0.3) is 0 Å². The number of pyridine rings is 1. The van der Waals surface area contributed by atoms with Gasteiger partial charge in [-0.3, -0.25) is 0 Å². The summed E-state index contributed by atoms with van der Waals surface area (Å²) in [6, 6.07) is 9.57. The van der Waals surface area contributed by atoms with Gasteiger partial charge in [0.2, 0.25) is 5.88 Å². The van der Waals surface area contributed by atoms with E-state index in [1.807, 2.05) is 19.1 Å². The van der Waals surface area contributed by atoms with Gasteiger partial charge in [-0.2, -0.15) is 0 Å². The van der Waals surface area contributed by atoms with Crippen molar-refractivity contribution in [3.05, 3.63) is 54.0 Å². The molecule has 152 valence electrons. The van der Waals surface area contributed by atoms with E-state index >= 15 is 0 Å². The van der Waals surface area contributed by atoms with E-state index < -0.39 is 0 Å². The normalized spacial score (nSPS) is 16.4. The Morgan fingerprint density at radius 3 is 2.82 bits per heavy atom. The lowest BCUT2D eigenvalue weighted by atomic mass is 10.2. The van der Waals surface area contributed by atoms with E-state index in [9.17, 15) is 4.39 Å². The van der Waals surface area contributed by atoms with Crippen LogP contribution in [-0.2, 0) is 11.3 Å². The fourth-order valence-corrected chi connectivity index (χ4v) is 2.76. The number of nitrogens with one attached hydrogen (secondary N) is 2. The molecule has 0 bridgehead atoms. The lowest BCUT2D eigenvalue weighted by Gasteiger charge is -2.14. The molecule has 0 saturated carbocycles. The number of nitrogens with zero attached hydrogens (tertiary/aromatic N) is 2. The number of aliphatic imine (C=N–C) groups is 1. The molecule has 2 heterocycles. The second-order valence-electron chi connectivity index (χ2n) is 6.27. The second kappa shape index (κ2) is 11.8. The lowest BCUT2D eigenvalue weighted by molar-refractivity contribution is 0.114. The summed E-state index contributed by atoms with van der Waals surface area (Å²) in [6.45, 7) is 4.90. The van der Waals surface area contributed by atoms with E-state index in [1.165, 1.54) is 12.1 Å². The Kier molecular flexibility index (Phi) is 9.42. The van der Waals surface area contributed by atoms with Gasteiger partial charge in [0.1, 0.15) is 11.6 Å². The van der Waals surface area contributed by atoms with Gasteiger partial charge in [-0.1, -0.05) is 0 Å². The Labute approximate surface area is 182 Å². The Morgan fingerprint density at radius 2 is 2.11 bits per heavy atom. The van der Waals surface area contributed by atoms with E-state index in [1.54, 1.807) is 18.3 Å². The van der Waals surface area contributed by atoms with Crippen molar-refractivity contribution in [1.29, 1.82) is 0 Å². The molecule has 2 N–H and O–H groups in total. The number of ether oxygens (including phenoxy) is 2. The topological polar surface area (TPSA) is 67.8 Å². The SMILES string of the molecule is CCNC(=NCc1ccnc(Oc2ccc(F)cc2)c1)NCC1CCCO1.I. The molecule has 1 atom stereocenters. The first-order chi connectivity index (χ1) is 13.2. The molecule has 1 aliphatic heterocycles. The zero-order valence-electron chi connectivity index (χ0n) is 15.9. The molecule has 1 aliphatic rings. The van der Waals surface area contributed by atoms with Gasteiger partial charge in [0.15, 0.2) is 5.96 Å². The van der Waals surface area contributed by atoms with Gasteiger partial charge in [-0.05, 0) is 55.7 Å². The molecule has 1 fully saturated rings. The number of benzene rings is 1. The highest BCUT2D eigenvalue weighted by molar-refractivity contribution is 14.0. The molecule has 1 unspecified atom stereocenters. The molecule has 1 saturated heterocycles. The van der Waals surface area contributed by atoms with Crippen molar-refractivity contribution in [2.24, 2.45) is 4.99 Å². The van der Waals surface area contributed by atoms with Gasteiger partial charge < -0.3 is 20.1 Å². The van der Waals surface area contributed by atoms with Crippen molar-refractivity contribution in [2.45, 2.75) is 32.4 Å². The largest absolute Gasteiger partial charge is 0.439 e. The molecular formula is C20H26FIN4O2. The van der Waals surface area contributed by atoms with E-state index in [4.69, 9.17) is 9.47 Å². The maximum Gasteiger partial charge on any atom is 0.219 e. The number of halogens is 2. The third-order valence-corrected chi connectivity index (χ3v) is 4.12. The minimum atomic E-state index is -0.301. The Hall–Kier alpha value is -1.94. The molecule has 0 aliphatic carbocycles. The average Bonchev–Trinajstić information content (AvgIpc) is 3.20. The standard InChI is InChI=1S/C20H25FN4O2.HI/c1-2-22-20(25-14-18-4-3-11-26-18)24-13-15-9-10-23-19(12-15)27-17-7-5-16(21)6-8-17;/h5-10,12,18H,2-4,11,13-14H2,1H3,(H2,22,24,25);1H. The van der Waals surface area contributed by atoms with Gasteiger partial charge in [0.05, 0.1) is 12.6 Å². The zero-order valence-corrected chi connectivity index (χ0v) is 18.2. The van der Waals surface area contributed by atoms with Crippen LogP contribution in [0, 0.1) is 5.82 Å². The van der Waals surface area contributed by atoms with E-state index in [-0.39, 0.29) is 35.9 Å². The van der Waals surface area contributed by atoms with Crippen LogP contribution in [0.15, 0.2) is 47.6 Å². The Bertz CT molecular complexity index is 752. The first-order valence-corrected chi connectivity index (χ1v) is 9.25. The summed E-state index contributed by atoms with van der Waals surface area (Å²) >= 11 is 0. The van der Waals surface area contributed by atoms with Gasteiger partial charge >= 0.3 is 0 Å². The Morgan fingerprint density at radius 1 is 1.29 bits per heavy atom.